The fourth-order valence-electron chi connectivity index (χ4n) is 3.68. The van der Waals surface area contributed by atoms with Crippen LogP contribution in [0.3, 0.4) is 0 Å². The summed E-state index contributed by atoms with van der Waals surface area (Å²) in [7, 11) is 0. The Kier molecular flexibility index (Phi) is 6.01. The summed E-state index contributed by atoms with van der Waals surface area (Å²) in [6, 6.07) is 12.5. The number of allylic oxidation sites excluding steroid dienone is 1. The fourth-order valence-corrected chi connectivity index (χ4v) is 4.66. The molecule has 1 N–H and O–H groups in total. The molecule has 1 unspecified atom stereocenters. The van der Waals surface area contributed by atoms with Gasteiger partial charge in [0.2, 0.25) is 5.82 Å². The van der Waals surface area contributed by atoms with Crippen molar-refractivity contribution in [3.8, 4) is 10.7 Å². The van der Waals surface area contributed by atoms with Gasteiger partial charge >= 0.3 is 0 Å². The van der Waals surface area contributed by atoms with Crippen LogP contribution < -0.4 is 5.32 Å². The normalized spacial score (nSPS) is 17.0. The molecule has 0 spiro atoms. The second-order valence-corrected chi connectivity index (χ2v) is 9.22. The Morgan fingerprint density at radius 2 is 2.00 bits per heavy atom. The quantitative estimate of drug-likeness (QED) is 0.500. The number of benzene rings is 1. The van der Waals surface area contributed by atoms with Crippen LogP contribution in [0.15, 0.2) is 52.0 Å². The van der Waals surface area contributed by atoms with E-state index in [1.54, 1.807) is 11.3 Å². The summed E-state index contributed by atoms with van der Waals surface area (Å²) in [4.78, 5) is 7.87. The predicted molar refractivity (Wildman–Crippen MR) is 126 cm³/mol. The lowest BCUT2D eigenvalue weighted by Gasteiger charge is -2.38. The molecule has 156 valence electrons. The van der Waals surface area contributed by atoms with Crippen LogP contribution in [-0.2, 0) is 6.42 Å². The third-order valence-electron chi connectivity index (χ3n) is 5.26. The fraction of sp³-hybridized carbons (Fsp3) is 0.348. The van der Waals surface area contributed by atoms with Crippen LogP contribution in [0.4, 0.5) is 0 Å². The first-order valence-corrected chi connectivity index (χ1v) is 11.5. The van der Waals surface area contributed by atoms with Crippen LogP contribution in [-0.4, -0.2) is 26.7 Å². The molecule has 0 bridgehead atoms. The summed E-state index contributed by atoms with van der Waals surface area (Å²) in [6.07, 6.45) is 1.01. The molecule has 0 saturated carbocycles. The van der Waals surface area contributed by atoms with Crippen LogP contribution >= 0.6 is 23.6 Å². The number of aryl methyl sites for hydroxylation is 1. The van der Waals surface area contributed by atoms with Gasteiger partial charge in [-0.25, -0.2) is 0 Å². The molecule has 1 aliphatic heterocycles. The van der Waals surface area contributed by atoms with E-state index in [1.165, 1.54) is 5.56 Å². The molecule has 30 heavy (non-hydrogen) atoms. The highest BCUT2D eigenvalue weighted by Gasteiger charge is 2.34. The second kappa shape index (κ2) is 8.70. The van der Waals surface area contributed by atoms with Crippen LogP contribution in [0.2, 0.25) is 0 Å². The van der Waals surface area contributed by atoms with E-state index in [-0.39, 0.29) is 6.04 Å². The summed E-state index contributed by atoms with van der Waals surface area (Å²) >= 11 is 7.34. The zero-order valence-corrected chi connectivity index (χ0v) is 19.3. The van der Waals surface area contributed by atoms with E-state index in [4.69, 9.17) is 21.7 Å². The zero-order valence-electron chi connectivity index (χ0n) is 17.7. The van der Waals surface area contributed by atoms with Crippen molar-refractivity contribution in [3.05, 3.63) is 64.5 Å². The molecule has 2 aromatic heterocycles. The van der Waals surface area contributed by atoms with E-state index in [0.717, 1.165) is 39.8 Å². The Morgan fingerprint density at radius 3 is 2.63 bits per heavy atom. The van der Waals surface area contributed by atoms with Crippen LogP contribution in [0.1, 0.15) is 50.8 Å². The minimum Gasteiger partial charge on any atom is -0.351 e. The van der Waals surface area contributed by atoms with Crippen molar-refractivity contribution in [2.75, 3.05) is 6.54 Å². The summed E-state index contributed by atoms with van der Waals surface area (Å²) in [5.74, 6) is 1.61. The molecule has 0 aliphatic carbocycles. The molecule has 1 aromatic carbocycles. The average Bonchev–Trinajstić information content (AvgIpc) is 3.42. The van der Waals surface area contributed by atoms with E-state index >= 15 is 0 Å². The molecule has 4 rings (SSSR count). The number of thiocarbonyl (C=S) groups is 1. The number of thiophene rings is 1. The van der Waals surface area contributed by atoms with Crippen molar-refractivity contribution in [2.24, 2.45) is 5.92 Å². The van der Waals surface area contributed by atoms with Crippen molar-refractivity contribution in [1.82, 2.24) is 20.4 Å². The third-order valence-corrected chi connectivity index (χ3v) is 6.47. The molecule has 7 heteroatoms. The standard InChI is InChI=1S/C23H26N4OS2/c1-5-16-8-10-17(11-9-16)20-19(15(4)27(13-14(2)3)23(29)24-20)22-25-21(26-28-22)18-7-6-12-30-18/h6-12,14,20H,5,13H2,1-4H3,(H,24,29). The van der Waals surface area contributed by atoms with Gasteiger partial charge in [0.05, 0.1) is 16.5 Å². The molecule has 5 nitrogen and oxygen atoms in total. The molecule has 1 aliphatic rings. The minimum atomic E-state index is -0.136. The van der Waals surface area contributed by atoms with Crippen molar-refractivity contribution in [1.29, 1.82) is 0 Å². The summed E-state index contributed by atoms with van der Waals surface area (Å²) in [5, 5.41) is 10.5. The van der Waals surface area contributed by atoms with Crippen molar-refractivity contribution in [2.45, 2.75) is 40.2 Å². The minimum absolute atomic E-state index is 0.136. The summed E-state index contributed by atoms with van der Waals surface area (Å²) in [5.41, 5.74) is 4.46. The Bertz CT molecular complexity index is 1050. The highest BCUT2D eigenvalue weighted by Crippen LogP contribution is 2.38. The Labute approximate surface area is 186 Å². The van der Waals surface area contributed by atoms with E-state index in [9.17, 15) is 0 Å². The Morgan fingerprint density at radius 1 is 1.23 bits per heavy atom. The van der Waals surface area contributed by atoms with Crippen molar-refractivity contribution in [3.63, 3.8) is 0 Å². The van der Waals surface area contributed by atoms with E-state index < -0.39 is 0 Å². The topological polar surface area (TPSA) is 54.2 Å². The number of nitrogens with one attached hydrogen (secondary N) is 1. The number of rotatable bonds is 6. The van der Waals surface area contributed by atoms with Gasteiger partial charge in [-0.15, -0.1) is 11.3 Å². The molecule has 0 fully saturated rings. The van der Waals surface area contributed by atoms with Gasteiger partial charge in [-0.3, -0.25) is 0 Å². The van der Waals surface area contributed by atoms with E-state index in [1.807, 2.05) is 17.5 Å². The molecule has 0 radical (unpaired) electrons. The highest BCUT2D eigenvalue weighted by molar-refractivity contribution is 7.80. The number of hydrogen-bond acceptors (Lipinski definition) is 5. The van der Waals surface area contributed by atoms with Gasteiger partial charge in [0.25, 0.3) is 5.89 Å². The van der Waals surface area contributed by atoms with Gasteiger partial charge in [0, 0.05) is 12.2 Å². The van der Waals surface area contributed by atoms with Crippen LogP contribution in [0, 0.1) is 5.92 Å². The maximum absolute atomic E-state index is 5.76. The predicted octanol–water partition coefficient (Wildman–Crippen LogP) is 5.68. The van der Waals surface area contributed by atoms with Crippen molar-refractivity contribution >= 4 is 34.2 Å². The molecular formula is C23H26N4OS2. The molecular weight excluding hydrogens is 412 g/mol. The largest absolute Gasteiger partial charge is 0.351 e. The first-order valence-electron chi connectivity index (χ1n) is 10.2. The van der Waals surface area contributed by atoms with Gasteiger partial charge in [-0.05, 0) is 54.1 Å². The van der Waals surface area contributed by atoms with Crippen LogP contribution in [0.25, 0.3) is 16.3 Å². The monoisotopic (exact) mass is 438 g/mol. The number of nitrogens with zero attached hydrogens (tertiary/aromatic N) is 3. The first kappa shape index (κ1) is 20.8. The van der Waals surface area contributed by atoms with Gasteiger partial charge in [-0.2, -0.15) is 4.98 Å². The first-order chi connectivity index (χ1) is 14.5. The smallest absolute Gasteiger partial charge is 0.258 e. The maximum atomic E-state index is 5.76. The van der Waals surface area contributed by atoms with Crippen LogP contribution in [0.5, 0.6) is 0 Å². The molecule has 3 heterocycles. The number of aromatic nitrogens is 2. The zero-order chi connectivity index (χ0) is 21.3. The maximum Gasteiger partial charge on any atom is 0.258 e. The second-order valence-electron chi connectivity index (χ2n) is 7.88. The molecule has 0 saturated heterocycles. The molecule has 3 aromatic rings. The Balaban J connectivity index is 1.80. The van der Waals surface area contributed by atoms with E-state index in [2.05, 4.69) is 67.3 Å². The van der Waals surface area contributed by atoms with Gasteiger partial charge in [0.1, 0.15) is 0 Å². The molecule has 0 amide bonds. The summed E-state index contributed by atoms with van der Waals surface area (Å²) < 4.78 is 5.76. The average molecular weight is 439 g/mol. The van der Waals surface area contributed by atoms with E-state index in [0.29, 0.717) is 17.6 Å². The SMILES string of the molecule is CCc1ccc(C2NC(=S)N(CC(C)C)C(C)=C2c2nc(-c3cccs3)no2)cc1. The highest BCUT2D eigenvalue weighted by atomic mass is 32.1. The molecule has 1 atom stereocenters. The lowest BCUT2D eigenvalue weighted by Crippen LogP contribution is -2.47. The lowest BCUT2D eigenvalue weighted by atomic mass is 9.93. The van der Waals surface area contributed by atoms with Gasteiger partial charge in [0.15, 0.2) is 5.11 Å². The Hall–Kier alpha value is -2.51. The van der Waals surface area contributed by atoms with Gasteiger partial charge in [-0.1, -0.05) is 56.3 Å². The third kappa shape index (κ3) is 4.04. The van der Waals surface area contributed by atoms with Gasteiger partial charge < -0.3 is 14.7 Å². The summed E-state index contributed by atoms with van der Waals surface area (Å²) in [6.45, 7) is 9.45. The van der Waals surface area contributed by atoms with Crippen molar-refractivity contribution < 1.29 is 4.52 Å². The number of hydrogen-bond donors (Lipinski definition) is 1. The lowest BCUT2D eigenvalue weighted by molar-refractivity contribution is 0.386.